The predicted octanol–water partition coefficient (Wildman–Crippen LogP) is 3.88. The third-order valence-corrected chi connectivity index (χ3v) is 2.11. The highest BCUT2D eigenvalue weighted by Crippen LogP contribution is 1.97. The number of thiol groups is 2. The molecule has 0 amide bonds. The minimum Gasteiger partial charge on any atom is -0.383 e. The molecule has 0 radical (unpaired) electrons. The molecular formula is C12H30O2S2. The third-order valence-electron chi connectivity index (χ3n) is 1.59. The molecule has 2 N–H and O–H groups in total. The lowest BCUT2D eigenvalue weighted by Crippen LogP contribution is -1.91. The van der Waals surface area contributed by atoms with E-state index in [-0.39, 0.29) is 0 Å². The number of rotatable bonds is 5. The largest absolute Gasteiger partial charge is 0.383 e. The Balaban J connectivity index is -0.000000162. The summed E-state index contributed by atoms with van der Waals surface area (Å²) in [6.07, 6.45) is 6.24. The van der Waals surface area contributed by atoms with Crippen LogP contribution in [-0.4, -0.2) is 21.1 Å². The molecule has 4 heteroatoms. The Labute approximate surface area is 113 Å². The summed E-state index contributed by atoms with van der Waals surface area (Å²) in [6.45, 7) is 8.39. The van der Waals surface area contributed by atoms with E-state index >= 15 is 0 Å². The van der Waals surface area contributed by atoms with Crippen LogP contribution in [0, 0.1) is 0 Å². The van der Waals surface area contributed by atoms with Gasteiger partial charge in [0.25, 0.3) is 0 Å². The Morgan fingerprint density at radius 2 is 0.938 bits per heavy atom. The van der Waals surface area contributed by atoms with Crippen LogP contribution in [0.5, 0.6) is 0 Å². The van der Waals surface area contributed by atoms with Gasteiger partial charge in [0.05, 0.1) is 10.9 Å². The summed E-state index contributed by atoms with van der Waals surface area (Å²) in [5.41, 5.74) is -0.815. The second-order valence-corrected chi connectivity index (χ2v) is 4.73. The average Bonchev–Trinajstić information content (AvgIpc) is 2.18. The lowest BCUT2D eigenvalue weighted by atomic mass is 10.4. The first-order valence-corrected chi connectivity index (χ1v) is 7.21. The standard InChI is InChI=1S/2C4H10OS.C4H10/c2*1-2-3-4(5)6;1-3-4-2/h2*4-6H,2-3H2,1H3;3-4H2,1-2H3. The van der Waals surface area contributed by atoms with Crippen LogP contribution in [0.4, 0.5) is 0 Å². The molecule has 0 rings (SSSR count). The van der Waals surface area contributed by atoms with E-state index in [4.69, 9.17) is 10.2 Å². The van der Waals surface area contributed by atoms with E-state index in [9.17, 15) is 0 Å². The van der Waals surface area contributed by atoms with E-state index in [0.29, 0.717) is 0 Å². The van der Waals surface area contributed by atoms with Gasteiger partial charge in [0.1, 0.15) is 0 Å². The van der Waals surface area contributed by atoms with Crippen LogP contribution in [0.3, 0.4) is 0 Å². The highest BCUT2D eigenvalue weighted by Gasteiger charge is 1.88. The van der Waals surface area contributed by atoms with Crippen molar-refractivity contribution in [3.8, 4) is 0 Å². The molecule has 0 aromatic heterocycles. The van der Waals surface area contributed by atoms with Gasteiger partial charge in [-0.25, -0.2) is 0 Å². The minimum absolute atomic E-state index is 0.407. The monoisotopic (exact) mass is 270 g/mol. The van der Waals surface area contributed by atoms with Crippen molar-refractivity contribution in [3.63, 3.8) is 0 Å². The summed E-state index contributed by atoms with van der Waals surface area (Å²) in [5.74, 6) is 0. The predicted molar refractivity (Wildman–Crippen MR) is 80.4 cm³/mol. The molecule has 0 aliphatic heterocycles. The lowest BCUT2D eigenvalue weighted by molar-refractivity contribution is 0.253. The van der Waals surface area contributed by atoms with E-state index in [2.05, 4.69) is 39.1 Å². The van der Waals surface area contributed by atoms with Crippen molar-refractivity contribution in [2.45, 2.75) is 77.1 Å². The number of unbranched alkanes of at least 4 members (excludes halogenated alkanes) is 1. The number of aliphatic hydroxyl groups excluding tert-OH is 2. The van der Waals surface area contributed by atoms with Crippen molar-refractivity contribution in [2.24, 2.45) is 0 Å². The Hall–Kier alpha value is 0.620. The van der Waals surface area contributed by atoms with Crippen LogP contribution >= 0.6 is 25.3 Å². The first-order chi connectivity index (χ1) is 7.45. The van der Waals surface area contributed by atoms with Gasteiger partial charge < -0.3 is 10.2 Å². The number of hydrogen-bond acceptors (Lipinski definition) is 4. The quantitative estimate of drug-likeness (QED) is 0.452. The molecule has 0 spiro atoms. The van der Waals surface area contributed by atoms with Crippen LogP contribution in [-0.2, 0) is 0 Å². The van der Waals surface area contributed by atoms with Crippen LogP contribution in [0.2, 0.25) is 0 Å². The fraction of sp³-hybridized carbons (Fsp3) is 1.00. The van der Waals surface area contributed by atoms with Gasteiger partial charge in [-0.05, 0) is 12.8 Å². The number of aliphatic hydroxyl groups is 2. The molecule has 16 heavy (non-hydrogen) atoms. The molecule has 0 saturated heterocycles. The molecule has 0 saturated carbocycles. The highest BCUT2D eigenvalue weighted by atomic mass is 32.1. The molecule has 0 aromatic rings. The summed E-state index contributed by atoms with van der Waals surface area (Å²) in [5, 5.41) is 16.8. The first-order valence-electron chi connectivity index (χ1n) is 6.18. The topological polar surface area (TPSA) is 40.5 Å². The maximum Gasteiger partial charge on any atom is 0.0964 e. The van der Waals surface area contributed by atoms with Gasteiger partial charge in [0.15, 0.2) is 0 Å². The van der Waals surface area contributed by atoms with Gasteiger partial charge in [-0.2, -0.15) is 0 Å². The zero-order chi connectivity index (χ0) is 13.4. The maximum absolute atomic E-state index is 8.42. The average molecular weight is 271 g/mol. The lowest BCUT2D eigenvalue weighted by Gasteiger charge is -1.94. The summed E-state index contributed by atoms with van der Waals surface area (Å²) in [7, 11) is 0. The number of hydrogen-bond donors (Lipinski definition) is 4. The molecule has 102 valence electrons. The van der Waals surface area contributed by atoms with Crippen molar-refractivity contribution < 1.29 is 10.2 Å². The summed E-state index contributed by atoms with van der Waals surface area (Å²) in [4.78, 5) is 0. The van der Waals surface area contributed by atoms with Gasteiger partial charge in [-0.3, -0.25) is 0 Å². The van der Waals surface area contributed by atoms with Gasteiger partial charge in [-0.15, -0.1) is 25.3 Å². The van der Waals surface area contributed by atoms with Gasteiger partial charge in [0.2, 0.25) is 0 Å². The molecule has 0 fully saturated rings. The van der Waals surface area contributed by atoms with E-state index < -0.39 is 10.9 Å². The van der Waals surface area contributed by atoms with Crippen molar-refractivity contribution in [1.82, 2.24) is 0 Å². The van der Waals surface area contributed by atoms with Gasteiger partial charge in [0, 0.05) is 0 Å². The molecule has 0 aliphatic carbocycles. The summed E-state index contributed by atoms with van der Waals surface area (Å²) >= 11 is 7.47. The van der Waals surface area contributed by atoms with Gasteiger partial charge in [-0.1, -0.05) is 53.4 Å². The Bertz CT molecular complexity index is 87.0. The second-order valence-electron chi connectivity index (χ2n) is 3.54. The highest BCUT2D eigenvalue weighted by molar-refractivity contribution is 7.80. The Morgan fingerprint density at radius 3 is 0.938 bits per heavy atom. The molecule has 2 nitrogen and oxygen atoms in total. The molecule has 2 atom stereocenters. The summed E-state index contributed by atoms with van der Waals surface area (Å²) in [6, 6.07) is 0. The Kier molecular flexibility index (Phi) is 28.6. The maximum atomic E-state index is 8.42. The summed E-state index contributed by atoms with van der Waals surface area (Å²) < 4.78 is 0. The Morgan fingerprint density at radius 1 is 0.688 bits per heavy atom. The first kappa shape index (κ1) is 21.9. The van der Waals surface area contributed by atoms with Crippen molar-refractivity contribution in [3.05, 3.63) is 0 Å². The van der Waals surface area contributed by atoms with Gasteiger partial charge >= 0.3 is 0 Å². The molecule has 0 aromatic carbocycles. The fourth-order valence-corrected chi connectivity index (χ4v) is 1.03. The van der Waals surface area contributed by atoms with Crippen LogP contribution in [0.15, 0.2) is 0 Å². The minimum atomic E-state index is -0.407. The normalized spacial score (nSPS) is 12.8. The van der Waals surface area contributed by atoms with E-state index in [1.807, 2.05) is 13.8 Å². The van der Waals surface area contributed by atoms with E-state index in [1.54, 1.807) is 0 Å². The second kappa shape index (κ2) is 21.0. The molecular weight excluding hydrogens is 240 g/mol. The van der Waals surface area contributed by atoms with E-state index in [0.717, 1.165) is 25.7 Å². The molecule has 0 heterocycles. The van der Waals surface area contributed by atoms with Crippen LogP contribution in [0.25, 0.3) is 0 Å². The zero-order valence-electron chi connectivity index (χ0n) is 11.2. The van der Waals surface area contributed by atoms with E-state index in [1.165, 1.54) is 12.8 Å². The van der Waals surface area contributed by atoms with Crippen molar-refractivity contribution >= 4 is 25.3 Å². The smallest absolute Gasteiger partial charge is 0.0964 e. The van der Waals surface area contributed by atoms with Crippen LogP contribution in [0.1, 0.15) is 66.2 Å². The SMILES string of the molecule is CCCC.CCCC(O)S.CCCC(O)S. The molecule has 0 bridgehead atoms. The third kappa shape index (κ3) is 46.7. The van der Waals surface area contributed by atoms with Crippen molar-refractivity contribution in [2.75, 3.05) is 0 Å². The van der Waals surface area contributed by atoms with Crippen molar-refractivity contribution in [1.29, 1.82) is 0 Å². The zero-order valence-corrected chi connectivity index (χ0v) is 13.0. The fourth-order valence-electron chi connectivity index (χ4n) is 0.516. The van der Waals surface area contributed by atoms with Crippen LogP contribution < -0.4 is 0 Å². The molecule has 2 unspecified atom stereocenters. The molecule has 0 aliphatic rings.